The van der Waals surface area contributed by atoms with Crippen LogP contribution in [0.4, 0.5) is 5.69 Å². The molecule has 2 aromatic carbocycles. The molecule has 34 heavy (non-hydrogen) atoms. The van der Waals surface area contributed by atoms with Crippen molar-refractivity contribution in [3.8, 4) is 17.1 Å². The van der Waals surface area contributed by atoms with Gasteiger partial charge in [0.15, 0.2) is 11.0 Å². The number of amides is 2. The Kier molecular flexibility index (Phi) is 6.35. The number of carbonyl (C=O) groups excluding carboxylic acids is 2. The number of aromatic nitrogens is 4. The molecule has 0 saturated heterocycles. The average Bonchev–Trinajstić information content (AvgIpc) is 3.59. The maximum absolute atomic E-state index is 12.8. The van der Waals surface area contributed by atoms with E-state index in [1.165, 1.54) is 11.8 Å². The molecule has 0 spiro atoms. The lowest BCUT2D eigenvalue weighted by molar-refractivity contribution is -0.113. The zero-order valence-electron chi connectivity index (χ0n) is 18.2. The van der Waals surface area contributed by atoms with E-state index in [1.54, 1.807) is 36.7 Å². The fraction of sp³-hybridized carbons (Fsp3) is 0.160. The van der Waals surface area contributed by atoms with Crippen molar-refractivity contribution < 1.29 is 9.59 Å². The molecule has 5 rings (SSSR count). The summed E-state index contributed by atoms with van der Waals surface area (Å²) >= 11 is 1.28. The number of hydrogen-bond acceptors (Lipinski definition) is 6. The number of benzene rings is 2. The average molecular weight is 471 g/mol. The molecule has 0 atom stereocenters. The Morgan fingerprint density at radius 2 is 1.76 bits per heavy atom. The standard InChI is InChI=1S/C25H22N6O2S/c32-22(28-21-11-5-4-10-20(21)24(33)27-18-12-13-18)16-34-25-30-29-23(17-7-6-14-26-15-17)31(25)19-8-2-1-3-9-19/h1-11,14-15,18H,12-13,16H2,(H,27,33)(H,28,32). The number of nitrogens with zero attached hydrogens (tertiary/aromatic N) is 4. The number of nitrogens with one attached hydrogen (secondary N) is 2. The van der Waals surface area contributed by atoms with Crippen molar-refractivity contribution in [2.75, 3.05) is 11.1 Å². The van der Waals surface area contributed by atoms with Crippen LogP contribution in [0.3, 0.4) is 0 Å². The van der Waals surface area contributed by atoms with Gasteiger partial charge in [0.05, 0.1) is 17.0 Å². The van der Waals surface area contributed by atoms with Crippen LogP contribution in [0.2, 0.25) is 0 Å². The van der Waals surface area contributed by atoms with E-state index >= 15 is 0 Å². The summed E-state index contributed by atoms with van der Waals surface area (Å²) < 4.78 is 1.91. The zero-order chi connectivity index (χ0) is 23.3. The molecule has 1 aliphatic rings. The summed E-state index contributed by atoms with van der Waals surface area (Å²) in [5.74, 6) is 0.346. The van der Waals surface area contributed by atoms with E-state index in [4.69, 9.17) is 0 Å². The minimum atomic E-state index is -0.234. The Bertz CT molecular complexity index is 1310. The van der Waals surface area contributed by atoms with Gasteiger partial charge in [0.25, 0.3) is 5.91 Å². The fourth-order valence-electron chi connectivity index (χ4n) is 3.45. The van der Waals surface area contributed by atoms with Crippen LogP contribution in [-0.2, 0) is 4.79 Å². The molecule has 2 aromatic heterocycles. The normalized spacial score (nSPS) is 12.8. The lowest BCUT2D eigenvalue weighted by Gasteiger charge is -2.12. The monoisotopic (exact) mass is 470 g/mol. The third-order valence-electron chi connectivity index (χ3n) is 5.26. The van der Waals surface area contributed by atoms with Crippen LogP contribution in [0.15, 0.2) is 84.3 Å². The molecule has 0 bridgehead atoms. The van der Waals surface area contributed by atoms with Crippen LogP contribution in [0, 0.1) is 0 Å². The maximum atomic E-state index is 12.8. The second-order valence-corrected chi connectivity index (χ2v) is 8.79. The van der Waals surface area contributed by atoms with Gasteiger partial charge in [-0.3, -0.25) is 19.1 Å². The van der Waals surface area contributed by atoms with Gasteiger partial charge in [0.2, 0.25) is 5.91 Å². The predicted molar refractivity (Wildman–Crippen MR) is 131 cm³/mol. The van der Waals surface area contributed by atoms with Gasteiger partial charge in [-0.15, -0.1) is 10.2 Å². The molecule has 1 fully saturated rings. The van der Waals surface area contributed by atoms with Crippen LogP contribution >= 0.6 is 11.8 Å². The van der Waals surface area contributed by atoms with Gasteiger partial charge in [-0.25, -0.2) is 0 Å². The molecule has 2 amide bonds. The Morgan fingerprint density at radius 3 is 2.53 bits per heavy atom. The van der Waals surface area contributed by atoms with Gasteiger partial charge < -0.3 is 10.6 Å². The highest BCUT2D eigenvalue weighted by molar-refractivity contribution is 7.99. The number of anilines is 1. The SMILES string of the molecule is O=C(CSc1nnc(-c2cccnc2)n1-c1ccccc1)Nc1ccccc1C(=O)NC1CC1. The van der Waals surface area contributed by atoms with Crippen LogP contribution in [0.5, 0.6) is 0 Å². The van der Waals surface area contributed by atoms with E-state index in [2.05, 4.69) is 25.8 Å². The summed E-state index contributed by atoms with van der Waals surface area (Å²) in [6.45, 7) is 0. The number of hydrogen-bond donors (Lipinski definition) is 2. The zero-order valence-corrected chi connectivity index (χ0v) is 19.0. The topological polar surface area (TPSA) is 102 Å². The number of carbonyl (C=O) groups is 2. The molecule has 9 heteroatoms. The lowest BCUT2D eigenvalue weighted by atomic mass is 10.1. The molecule has 170 valence electrons. The molecule has 4 aromatic rings. The van der Waals surface area contributed by atoms with E-state index in [0.717, 1.165) is 24.1 Å². The lowest BCUT2D eigenvalue weighted by Crippen LogP contribution is -2.27. The summed E-state index contributed by atoms with van der Waals surface area (Å²) in [6.07, 6.45) is 5.43. The second kappa shape index (κ2) is 9.88. The number of thioether (sulfide) groups is 1. The highest BCUT2D eigenvalue weighted by Gasteiger charge is 2.25. The van der Waals surface area contributed by atoms with Crippen molar-refractivity contribution in [2.45, 2.75) is 24.0 Å². The fourth-order valence-corrected chi connectivity index (χ4v) is 4.20. The quantitative estimate of drug-likeness (QED) is 0.378. The summed E-state index contributed by atoms with van der Waals surface area (Å²) in [5.41, 5.74) is 2.66. The van der Waals surface area contributed by atoms with E-state index < -0.39 is 0 Å². The number of rotatable bonds is 8. The molecule has 2 heterocycles. The first-order valence-electron chi connectivity index (χ1n) is 10.9. The third kappa shape index (κ3) is 4.99. The molecule has 1 saturated carbocycles. The van der Waals surface area contributed by atoms with E-state index in [0.29, 0.717) is 22.2 Å². The summed E-state index contributed by atoms with van der Waals surface area (Å²) in [6, 6.07) is 20.8. The predicted octanol–water partition coefficient (Wildman–Crippen LogP) is 3.95. The van der Waals surface area contributed by atoms with Gasteiger partial charge in [-0.1, -0.05) is 42.1 Å². The van der Waals surface area contributed by atoms with Crippen molar-refractivity contribution in [2.24, 2.45) is 0 Å². The molecule has 2 N–H and O–H groups in total. The van der Waals surface area contributed by atoms with Gasteiger partial charge in [-0.2, -0.15) is 0 Å². The Morgan fingerprint density at radius 1 is 0.971 bits per heavy atom. The highest BCUT2D eigenvalue weighted by atomic mass is 32.2. The van der Waals surface area contributed by atoms with E-state index in [-0.39, 0.29) is 23.6 Å². The smallest absolute Gasteiger partial charge is 0.253 e. The van der Waals surface area contributed by atoms with E-state index in [1.807, 2.05) is 47.0 Å². The highest BCUT2D eigenvalue weighted by Crippen LogP contribution is 2.28. The number of para-hydroxylation sites is 2. The largest absolute Gasteiger partial charge is 0.349 e. The van der Waals surface area contributed by atoms with Gasteiger partial charge in [0, 0.05) is 29.7 Å². The molecule has 0 unspecified atom stereocenters. The number of pyridine rings is 1. The van der Waals surface area contributed by atoms with Crippen molar-refractivity contribution in [1.29, 1.82) is 0 Å². The second-order valence-electron chi connectivity index (χ2n) is 7.85. The molecule has 8 nitrogen and oxygen atoms in total. The Labute approximate surface area is 200 Å². The third-order valence-corrected chi connectivity index (χ3v) is 6.19. The minimum absolute atomic E-state index is 0.108. The molecule has 0 aliphatic heterocycles. The molecular weight excluding hydrogens is 448 g/mol. The Hall–Kier alpha value is -3.98. The summed E-state index contributed by atoms with van der Waals surface area (Å²) in [7, 11) is 0. The molecule has 0 radical (unpaired) electrons. The van der Waals surface area contributed by atoms with Gasteiger partial charge >= 0.3 is 0 Å². The first kappa shape index (κ1) is 21.8. The maximum Gasteiger partial charge on any atom is 0.253 e. The van der Waals surface area contributed by atoms with Gasteiger partial charge in [0.1, 0.15) is 0 Å². The van der Waals surface area contributed by atoms with Gasteiger partial charge in [-0.05, 0) is 49.2 Å². The summed E-state index contributed by atoms with van der Waals surface area (Å²) in [5, 5.41) is 15.1. The van der Waals surface area contributed by atoms with Crippen LogP contribution < -0.4 is 10.6 Å². The van der Waals surface area contributed by atoms with Crippen LogP contribution in [0.1, 0.15) is 23.2 Å². The minimum Gasteiger partial charge on any atom is -0.349 e. The first-order valence-corrected chi connectivity index (χ1v) is 11.9. The van der Waals surface area contributed by atoms with E-state index in [9.17, 15) is 9.59 Å². The van der Waals surface area contributed by atoms with Crippen LogP contribution in [-0.4, -0.2) is 43.4 Å². The molecular formula is C25H22N6O2S. The molecule has 1 aliphatic carbocycles. The van der Waals surface area contributed by atoms with Crippen molar-refractivity contribution in [1.82, 2.24) is 25.1 Å². The first-order chi connectivity index (χ1) is 16.7. The summed E-state index contributed by atoms with van der Waals surface area (Å²) in [4.78, 5) is 29.5. The van der Waals surface area contributed by atoms with Crippen molar-refractivity contribution in [3.05, 3.63) is 84.7 Å². The van der Waals surface area contributed by atoms with Crippen molar-refractivity contribution in [3.63, 3.8) is 0 Å². The van der Waals surface area contributed by atoms with Crippen LogP contribution in [0.25, 0.3) is 17.1 Å². The Balaban J connectivity index is 1.34. The van der Waals surface area contributed by atoms with Crippen molar-refractivity contribution >= 4 is 29.3 Å².